The topological polar surface area (TPSA) is 101 Å². The lowest BCUT2D eigenvalue weighted by molar-refractivity contribution is -0.0789. The van der Waals surface area contributed by atoms with Gasteiger partial charge >= 0.3 is 0 Å². The highest BCUT2D eigenvalue weighted by Crippen LogP contribution is 2.08. The van der Waals surface area contributed by atoms with Crippen molar-refractivity contribution in [3.8, 4) is 0 Å². The van der Waals surface area contributed by atoms with Crippen LogP contribution in [-0.2, 0) is 0 Å². The molecular formula is C6H14O5S. The maximum absolute atomic E-state index is 9.13. The highest BCUT2D eigenvalue weighted by molar-refractivity contribution is 7.81. The zero-order valence-corrected chi connectivity index (χ0v) is 7.30. The van der Waals surface area contributed by atoms with Crippen molar-refractivity contribution < 1.29 is 25.5 Å². The van der Waals surface area contributed by atoms with Gasteiger partial charge < -0.3 is 25.5 Å². The maximum atomic E-state index is 9.13. The van der Waals surface area contributed by atoms with E-state index in [1.165, 1.54) is 0 Å². The second-order valence-electron chi connectivity index (χ2n) is 2.48. The Labute approximate surface area is 75.7 Å². The summed E-state index contributed by atoms with van der Waals surface area (Å²) >= 11 is 3.74. The molecule has 0 unspecified atom stereocenters. The van der Waals surface area contributed by atoms with Crippen molar-refractivity contribution in [3.05, 3.63) is 0 Å². The van der Waals surface area contributed by atoms with Crippen LogP contribution in [0.25, 0.3) is 0 Å². The fourth-order valence-electron chi connectivity index (χ4n) is 0.671. The lowest BCUT2D eigenvalue weighted by Gasteiger charge is -2.24. The molecule has 0 aliphatic carbocycles. The first-order valence-electron chi connectivity index (χ1n) is 3.48. The molecule has 0 aromatic rings. The average Bonchev–Trinajstić information content (AvgIpc) is 2.12. The molecule has 5 N–H and O–H groups in total. The third-order valence-corrected chi connectivity index (χ3v) is 1.98. The normalized spacial score (nSPS) is 21.5. The highest BCUT2D eigenvalue weighted by Gasteiger charge is 2.28. The van der Waals surface area contributed by atoms with Crippen molar-refractivity contribution in [2.75, 3.05) is 13.2 Å². The van der Waals surface area contributed by atoms with Gasteiger partial charge in [0.25, 0.3) is 0 Å². The molecule has 74 valence electrons. The number of thiol groups is 1. The molecule has 0 aliphatic rings. The Balaban J connectivity index is 3.99. The number of hydrogen-bond acceptors (Lipinski definition) is 6. The van der Waals surface area contributed by atoms with E-state index in [1.54, 1.807) is 0 Å². The maximum Gasteiger partial charge on any atom is 0.109 e. The van der Waals surface area contributed by atoms with Gasteiger partial charge in [0, 0.05) is 0 Å². The van der Waals surface area contributed by atoms with E-state index in [1.807, 2.05) is 0 Å². The molecule has 4 atom stereocenters. The van der Waals surface area contributed by atoms with Gasteiger partial charge in [-0.05, 0) is 0 Å². The van der Waals surface area contributed by atoms with Crippen LogP contribution < -0.4 is 0 Å². The third-order valence-electron chi connectivity index (χ3n) is 1.51. The van der Waals surface area contributed by atoms with Gasteiger partial charge in [-0.1, -0.05) is 0 Å². The Morgan fingerprint density at radius 1 is 0.917 bits per heavy atom. The van der Waals surface area contributed by atoms with E-state index in [0.29, 0.717) is 0 Å². The van der Waals surface area contributed by atoms with Crippen molar-refractivity contribution in [3.63, 3.8) is 0 Å². The van der Waals surface area contributed by atoms with Crippen LogP contribution in [-0.4, -0.2) is 62.3 Å². The molecule has 0 amide bonds. The van der Waals surface area contributed by atoms with E-state index in [0.717, 1.165) is 0 Å². The number of aliphatic hydroxyl groups excluding tert-OH is 5. The van der Waals surface area contributed by atoms with E-state index in [4.69, 9.17) is 25.5 Å². The van der Waals surface area contributed by atoms with Gasteiger partial charge in [0.2, 0.25) is 0 Å². The van der Waals surface area contributed by atoms with Crippen LogP contribution in [0.5, 0.6) is 0 Å². The largest absolute Gasteiger partial charge is 0.395 e. The second-order valence-corrected chi connectivity index (χ2v) is 3.14. The number of rotatable bonds is 5. The minimum absolute atomic E-state index is 0.417. The van der Waals surface area contributed by atoms with Gasteiger partial charge in [-0.15, -0.1) is 0 Å². The predicted octanol–water partition coefficient (Wildman–Crippen LogP) is -2.65. The monoisotopic (exact) mass is 198 g/mol. The molecule has 0 heterocycles. The first-order valence-corrected chi connectivity index (χ1v) is 4.00. The Bertz CT molecular complexity index is 109. The van der Waals surface area contributed by atoms with Gasteiger partial charge in [0.05, 0.1) is 24.6 Å². The minimum Gasteiger partial charge on any atom is -0.395 e. The van der Waals surface area contributed by atoms with Gasteiger partial charge in [-0.25, -0.2) is 0 Å². The molecule has 0 saturated heterocycles. The minimum atomic E-state index is -1.50. The molecular weight excluding hydrogens is 184 g/mol. The first kappa shape index (κ1) is 12.2. The lowest BCUT2D eigenvalue weighted by atomic mass is 10.1. The second kappa shape index (κ2) is 5.74. The molecule has 0 aromatic heterocycles. The average molecular weight is 198 g/mol. The molecule has 0 radical (unpaired) electrons. The molecule has 0 saturated carbocycles. The summed E-state index contributed by atoms with van der Waals surface area (Å²) in [5.74, 6) is 0. The van der Waals surface area contributed by atoms with Crippen molar-refractivity contribution in [2.45, 2.75) is 23.6 Å². The molecule has 5 nitrogen and oxygen atoms in total. The summed E-state index contributed by atoms with van der Waals surface area (Å²) in [6.07, 6.45) is -4.27. The van der Waals surface area contributed by atoms with Crippen LogP contribution >= 0.6 is 12.6 Å². The Kier molecular flexibility index (Phi) is 5.81. The zero-order valence-electron chi connectivity index (χ0n) is 6.41. The molecule has 6 heteroatoms. The third kappa shape index (κ3) is 3.26. The molecule has 0 aliphatic heterocycles. The summed E-state index contributed by atoms with van der Waals surface area (Å²) in [4.78, 5) is 0. The number of hydrogen-bond donors (Lipinski definition) is 6. The molecule has 0 spiro atoms. The molecule has 0 rings (SSSR count). The Hall–Kier alpha value is 0.150. The summed E-state index contributed by atoms with van der Waals surface area (Å²) < 4.78 is 0. The predicted molar refractivity (Wildman–Crippen MR) is 45.0 cm³/mol. The Morgan fingerprint density at radius 3 is 1.75 bits per heavy atom. The summed E-state index contributed by atoms with van der Waals surface area (Å²) in [5.41, 5.74) is 0. The van der Waals surface area contributed by atoms with Crippen LogP contribution in [0.2, 0.25) is 0 Å². The van der Waals surface area contributed by atoms with Crippen LogP contribution in [0, 0.1) is 0 Å². The van der Waals surface area contributed by atoms with Crippen molar-refractivity contribution in [1.29, 1.82) is 0 Å². The van der Waals surface area contributed by atoms with Gasteiger partial charge in [0.1, 0.15) is 12.2 Å². The van der Waals surface area contributed by atoms with E-state index < -0.39 is 36.8 Å². The fraction of sp³-hybridized carbons (Fsp3) is 1.00. The zero-order chi connectivity index (χ0) is 9.72. The van der Waals surface area contributed by atoms with Crippen LogP contribution in [0.15, 0.2) is 0 Å². The van der Waals surface area contributed by atoms with E-state index >= 15 is 0 Å². The number of aliphatic hydroxyl groups is 5. The van der Waals surface area contributed by atoms with Gasteiger partial charge in [0.15, 0.2) is 0 Å². The molecule has 0 aromatic carbocycles. The smallest absolute Gasteiger partial charge is 0.109 e. The standard InChI is InChI=1S/C6H14O5S/c7-1-3(9)5(10)6(11)4(12)2-8/h3-12H,1-2H2/t3-,4-,5+,6-/m1/s1. The SMILES string of the molecule is OC[C@@H](O)[C@H](O)[C@H](O)[C@H](S)CO. The van der Waals surface area contributed by atoms with E-state index in [-0.39, 0.29) is 0 Å². The van der Waals surface area contributed by atoms with Gasteiger partial charge in [-0.3, -0.25) is 0 Å². The molecule has 0 fully saturated rings. The highest BCUT2D eigenvalue weighted by atomic mass is 32.1. The summed E-state index contributed by atoms with van der Waals surface area (Å²) in [5, 5.41) is 43.1. The van der Waals surface area contributed by atoms with Crippen LogP contribution in [0.3, 0.4) is 0 Å². The van der Waals surface area contributed by atoms with E-state index in [2.05, 4.69) is 12.6 Å². The van der Waals surface area contributed by atoms with E-state index in [9.17, 15) is 0 Å². The van der Waals surface area contributed by atoms with Crippen LogP contribution in [0.1, 0.15) is 0 Å². The molecule has 0 bridgehead atoms. The van der Waals surface area contributed by atoms with Crippen LogP contribution in [0.4, 0.5) is 0 Å². The fourth-order valence-corrected chi connectivity index (χ4v) is 0.848. The Morgan fingerprint density at radius 2 is 1.42 bits per heavy atom. The summed E-state index contributed by atoms with van der Waals surface area (Å²) in [6.45, 7) is -1.07. The molecule has 12 heavy (non-hydrogen) atoms. The quantitative estimate of drug-likeness (QED) is 0.271. The van der Waals surface area contributed by atoms with Gasteiger partial charge in [-0.2, -0.15) is 12.6 Å². The summed E-state index contributed by atoms with van der Waals surface area (Å²) in [6, 6.07) is 0. The first-order chi connectivity index (χ1) is 5.54. The van der Waals surface area contributed by atoms with Crippen molar-refractivity contribution >= 4 is 12.6 Å². The van der Waals surface area contributed by atoms with Crippen molar-refractivity contribution in [1.82, 2.24) is 0 Å². The van der Waals surface area contributed by atoms with Crippen molar-refractivity contribution in [2.24, 2.45) is 0 Å². The summed E-state index contributed by atoms with van der Waals surface area (Å²) in [7, 11) is 0. The lowest BCUT2D eigenvalue weighted by Crippen LogP contribution is -2.45.